The number of rotatable bonds is 7. The second-order valence-electron chi connectivity index (χ2n) is 4.98. The fourth-order valence-electron chi connectivity index (χ4n) is 2.33. The van der Waals surface area contributed by atoms with Crippen LogP contribution < -0.4 is 5.32 Å². The largest absolute Gasteiger partial charge is 0.396 e. The number of nitrogens with one attached hydrogen (secondary N) is 1. The molecule has 0 saturated heterocycles. The van der Waals surface area contributed by atoms with E-state index >= 15 is 0 Å². The summed E-state index contributed by atoms with van der Waals surface area (Å²) in [6.45, 7) is 5.06. The van der Waals surface area contributed by atoms with E-state index in [1.165, 1.54) is 38.6 Å². The van der Waals surface area contributed by atoms with Crippen molar-refractivity contribution in [1.82, 2.24) is 5.32 Å². The van der Waals surface area contributed by atoms with Gasteiger partial charge in [0.05, 0.1) is 0 Å². The summed E-state index contributed by atoms with van der Waals surface area (Å²) < 4.78 is 0. The van der Waals surface area contributed by atoms with E-state index in [9.17, 15) is 0 Å². The lowest BCUT2D eigenvalue weighted by Gasteiger charge is -2.23. The lowest BCUT2D eigenvalue weighted by Crippen LogP contribution is -2.30. The Kier molecular flexibility index (Phi) is 5.49. The molecule has 0 unspecified atom stereocenters. The van der Waals surface area contributed by atoms with Gasteiger partial charge >= 0.3 is 0 Å². The zero-order chi connectivity index (χ0) is 10.3. The highest BCUT2D eigenvalue weighted by Crippen LogP contribution is 2.36. The molecule has 84 valence electrons. The molecule has 0 bridgehead atoms. The molecule has 0 heterocycles. The van der Waals surface area contributed by atoms with Gasteiger partial charge in [-0.1, -0.05) is 19.8 Å². The predicted molar refractivity (Wildman–Crippen MR) is 60.4 cm³/mol. The maximum Gasteiger partial charge on any atom is 0.0431 e. The molecule has 1 saturated carbocycles. The first kappa shape index (κ1) is 12.0. The van der Waals surface area contributed by atoms with Crippen LogP contribution in [0.2, 0.25) is 0 Å². The minimum absolute atomic E-state index is 0.345. The summed E-state index contributed by atoms with van der Waals surface area (Å²) in [5.74, 6) is 0. The van der Waals surface area contributed by atoms with E-state index in [-0.39, 0.29) is 0 Å². The zero-order valence-electron chi connectivity index (χ0n) is 9.52. The normalized spacial score (nSPS) is 20.1. The van der Waals surface area contributed by atoms with Crippen LogP contribution in [0.3, 0.4) is 0 Å². The Bertz CT molecular complexity index is 141. The third-order valence-electron chi connectivity index (χ3n) is 3.37. The van der Waals surface area contributed by atoms with Gasteiger partial charge in [-0.05, 0) is 44.1 Å². The average molecular weight is 199 g/mol. The van der Waals surface area contributed by atoms with Gasteiger partial charge in [-0.2, -0.15) is 0 Å². The van der Waals surface area contributed by atoms with E-state index < -0.39 is 0 Å². The zero-order valence-corrected chi connectivity index (χ0v) is 9.52. The second kappa shape index (κ2) is 6.41. The first-order valence-corrected chi connectivity index (χ1v) is 6.08. The maximum atomic E-state index is 8.62. The Balaban J connectivity index is 1.92. The molecule has 0 spiro atoms. The minimum atomic E-state index is 0.345. The number of unbranched alkanes of at least 4 members (excludes halogenated alkanes) is 2. The summed E-state index contributed by atoms with van der Waals surface area (Å²) in [7, 11) is 0. The Labute approximate surface area is 88.1 Å². The molecule has 0 aromatic heterocycles. The quantitative estimate of drug-likeness (QED) is 0.617. The van der Waals surface area contributed by atoms with Crippen LogP contribution in [0.15, 0.2) is 0 Å². The first-order valence-electron chi connectivity index (χ1n) is 6.08. The maximum absolute atomic E-state index is 8.62. The standard InChI is InChI=1S/C12H25NO/c1-12(7-3-4-8-12)11-13-9-5-2-6-10-14/h13-14H,2-11H2,1H3. The summed E-state index contributed by atoms with van der Waals surface area (Å²) in [4.78, 5) is 0. The summed E-state index contributed by atoms with van der Waals surface area (Å²) in [5.41, 5.74) is 0.580. The fraction of sp³-hybridized carbons (Fsp3) is 1.00. The molecular formula is C12H25NO. The van der Waals surface area contributed by atoms with E-state index in [1.54, 1.807) is 0 Å². The SMILES string of the molecule is CC1(CNCCCCCO)CCCC1. The number of hydrogen-bond donors (Lipinski definition) is 2. The van der Waals surface area contributed by atoms with Crippen LogP contribution in [0.4, 0.5) is 0 Å². The summed E-state index contributed by atoms with van der Waals surface area (Å²) in [5, 5.41) is 12.2. The first-order chi connectivity index (χ1) is 6.77. The minimum Gasteiger partial charge on any atom is -0.396 e. The summed E-state index contributed by atoms with van der Waals surface area (Å²) >= 11 is 0. The van der Waals surface area contributed by atoms with Gasteiger partial charge in [0, 0.05) is 13.2 Å². The molecule has 0 amide bonds. The number of aliphatic hydroxyl groups excluding tert-OH is 1. The molecular weight excluding hydrogens is 174 g/mol. The van der Waals surface area contributed by atoms with E-state index in [1.807, 2.05) is 0 Å². The Morgan fingerprint density at radius 3 is 2.50 bits per heavy atom. The molecule has 2 N–H and O–H groups in total. The Morgan fingerprint density at radius 1 is 1.14 bits per heavy atom. The van der Waals surface area contributed by atoms with E-state index in [0.29, 0.717) is 12.0 Å². The second-order valence-corrected chi connectivity index (χ2v) is 4.98. The van der Waals surface area contributed by atoms with Gasteiger partial charge in [0.1, 0.15) is 0 Å². The van der Waals surface area contributed by atoms with Crippen LogP contribution in [0.1, 0.15) is 51.9 Å². The highest BCUT2D eigenvalue weighted by atomic mass is 16.2. The van der Waals surface area contributed by atoms with Crippen molar-refractivity contribution in [3.63, 3.8) is 0 Å². The Morgan fingerprint density at radius 2 is 1.86 bits per heavy atom. The molecule has 1 aliphatic rings. The van der Waals surface area contributed by atoms with Crippen molar-refractivity contribution >= 4 is 0 Å². The topological polar surface area (TPSA) is 32.3 Å². The van der Waals surface area contributed by atoms with Crippen molar-refractivity contribution in [3.8, 4) is 0 Å². The van der Waals surface area contributed by atoms with Crippen LogP contribution >= 0.6 is 0 Å². The molecule has 0 aromatic carbocycles. The molecule has 0 atom stereocenters. The lowest BCUT2D eigenvalue weighted by atomic mass is 9.89. The Hall–Kier alpha value is -0.0800. The summed E-state index contributed by atoms with van der Waals surface area (Å²) in [6, 6.07) is 0. The van der Waals surface area contributed by atoms with Crippen LogP contribution in [-0.4, -0.2) is 24.8 Å². The summed E-state index contributed by atoms with van der Waals surface area (Å²) in [6.07, 6.45) is 8.95. The van der Waals surface area contributed by atoms with Crippen molar-refractivity contribution < 1.29 is 5.11 Å². The van der Waals surface area contributed by atoms with Crippen LogP contribution in [0.5, 0.6) is 0 Å². The highest BCUT2D eigenvalue weighted by molar-refractivity contribution is 4.82. The average Bonchev–Trinajstić information content (AvgIpc) is 2.59. The van der Waals surface area contributed by atoms with Gasteiger partial charge in [0.2, 0.25) is 0 Å². The van der Waals surface area contributed by atoms with Gasteiger partial charge < -0.3 is 10.4 Å². The van der Waals surface area contributed by atoms with Crippen molar-refractivity contribution in [3.05, 3.63) is 0 Å². The molecule has 14 heavy (non-hydrogen) atoms. The molecule has 2 heteroatoms. The molecule has 1 aliphatic carbocycles. The van der Waals surface area contributed by atoms with E-state index in [0.717, 1.165) is 19.4 Å². The third-order valence-corrected chi connectivity index (χ3v) is 3.37. The van der Waals surface area contributed by atoms with Crippen LogP contribution in [-0.2, 0) is 0 Å². The molecule has 1 fully saturated rings. The predicted octanol–water partition coefficient (Wildman–Crippen LogP) is 2.32. The van der Waals surface area contributed by atoms with Crippen molar-refractivity contribution in [2.45, 2.75) is 51.9 Å². The molecule has 0 aliphatic heterocycles. The van der Waals surface area contributed by atoms with Gasteiger partial charge in [0.15, 0.2) is 0 Å². The number of aliphatic hydroxyl groups is 1. The fourth-order valence-corrected chi connectivity index (χ4v) is 2.33. The van der Waals surface area contributed by atoms with Gasteiger partial charge in [-0.25, -0.2) is 0 Å². The molecule has 1 rings (SSSR count). The van der Waals surface area contributed by atoms with Crippen LogP contribution in [0.25, 0.3) is 0 Å². The lowest BCUT2D eigenvalue weighted by molar-refractivity contribution is 0.280. The van der Waals surface area contributed by atoms with E-state index in [2.05, 4.69) is 12.2 Å². The van der Waals surface area contributed by atoms with Crippen molar-refractivity contribution in [2.24, 2.45) is 5.41 Å². The monoisotopic (exact) mass is 199 g/mol. The van der Waals surface area contributed by atoms with Crippen LogP contribution in [0, 0.1) is 5.41 Å². The highest BCUT2D eigenvalue weighted by Gasteiger charge is 2.27. The number of hydrogen-bond acceptors (Lipinski definition) is 2. The van der Waals surface area contributed by atoms with Gasteiger partial charge in [-0.15, -0.1) is 0 Å². The van der Waals surface area contributed by atoms with Crippen molar-refractivity contribution in [2.75, 3.05) is 19.7 Å². The smallest absolute Gasteiger partial charge is 0.0431 e. The third kappa shape index (κ3) is 4.43. The molecule has 0 aromatic rings. The van der Waals surface area contributed by atoms with Gasteiger partial charge in [0.25, 0.3) is 0 Å². The van der Waals surface area contributed by atoms with E-state index in [4.69, 9.17) is 5.11 Å². The van der Waals surface area contributed by atoms with Crippen molar-refractivity contribution in [1.29, 1.82) is 0 Å². The molecule has 2 nitrogen and oxygen atoms in total. The van der Waals surface area contributed by atoms with Gasteiger partial charge in [-0.3, -0.25) is 0 Å². The molecule has 0 radical (unpaired) electrons.